The van der Waals surface area contributed by atoms with Crippen LogP contribution in [0.15, 0.2) is 42.5 Å². The highest BCUT2D eigenvalue weighted by Crippen LogP contribution is 2.45. The number of halogens is 6. The number of aliphatic hydroxyl groups is 1. The van der Waals surface area contributed by atoms with Crippen LogP contribution in [0.5, 0.6) is 5.75 Å². The number of aryl methyl sites for hydroxylation is 2. The Hall–Kier alpha value is -2.52. The number of ether oxygens (including phenoxy) is 1. The van der Waals surface area contributed by atoms with E-state index in [1.807, 2.05) is 32.9 Å². The molecule has 0 saturated heterocycles. The van der Waals surface area contributed by atoms with Crippen LogP contribution in [0.2, 0.25) is 0 Å². The summed E-state index contributed by atoms with van der Waals surface area (Å²) in [6, 6.07) is 11.0. The highest BCUT2D eigenvalue weighted by atomic mass is 19.4. The normalized spacial score (nSPS) is 13.4. The lowest BCUT2D eigenvalue weighted by Gasteiger charge is -2.34. The average Bonchev–Trinajstić information content (AvgIpc) is 2.84. The monoisotopic (exact) mass is 545 g/mol. The Kier molecular flexibility index (Phi) is 10.5. The van der Waals surface area contributed by atoms with Crippen molar-refractivity contribution in [1.82, 2.24) is 0 Å². The van der Waals surface area contributed by atoms with Gasteiger partial charge in [-0.1, -0.05) is 50.3 Å². The number of rotatable bonds is 12. The second-order valence-electron chi connectivity index (χ2n) is 9.63. The lowest BCUT2D eigenvalue weighted by atomic mass is 9.70. The Labute approximate surface area is 220 Å². The molecule has 0 spiro atoms. The summed E-state index contributed by atoms with van der Waals surface area (Å²) in [6.45, 7) is 8.92. The maximum atomic E-state index is 13.0. The number of hydrogen-bond donors (Lipinski definition) is 2. The van der Waals surface area contributed by atoms with Crippen LogP contribution < -0.4 is 10.5 Å². The van der Waals surface area contributed by atoms with Crippen LogP contribution in [0.3, 0.4) is 0 Å². The summed E-state index contributed by atoms with van der Waals surface area (Å²) in [4.78, 5) is 0. The molecule has 2 aromatic rings. The molecule has 0 fully saturated rings. The fraction of sp³-hybridized carbons (Fsp3) is 0.517. The van der Waals surface area contributed by atoms with E-state index in [0.717, 1.165) is 54.5 Å². The zero-order valence-electron chi connectivity index (χ0n) is 22.3. The average molecular weight is 546 g/mol. The van der Waals surface area contributed by atoms with Gasteiger partial charge in [-0.2, -0.15) is 26.3 Å². The maximum absolute atomic E-state index is 13.0. The molecule has 0 unspecified atom stereocenters. The fourth-order valence-electron chi connectivity index (χ4n) is 4.67. The summed E-state index contributed by atoms with van der Waals surface area (Å²) in [5.41, 5.74) is 3.72. The molecule has 0 radical (unpaired) electrons. The highest BCUT2D eigenvalue weighted by Gasteiger charge is 2.68. The van der Waals surface area contributed by atoms with Gasteiger partial charge in [-0.15, -0.1) is 0 Å². The summed E-state index contributed by atoms with van der Waals surface area (Å²) in [7, 11) is 0. The fourth-order valence-corrected chi connectivity index (χ4v) is 4.67. The van der Waals surface area contributed by atoms with Gasteiger partial charge in [0, 0.05) is 5.41 Å². The highest BCUT2D eigenvalue weighted by molar-refractivity contribution is 5.57. The molecule has 0 aliphatic rings. The quantitative estimate of drug-likeness (QED) is 0.212. The first-order chi connectivity index (χ1) is 17.7. The van der Waals surface area contributed by atoms with Gasteiger partial charge in [0.25, 0.3) is 5.60 Å². The van der Waals surface area contributed by atoms with Crippen molar-refractivity contribution in [2.45, 2.75) is 83.2 Å². The summed E-state index contributed by atoms with van der Waals surface area (Å²) >= 11 is 0. The first-order valence-corrected chi connectivity index (χ1v) is 12.8. The van der Waals surface area contributed by atoms with Crippen molar-refractivity contribution in [1.29, 1.82) is 0 Å². The predicted octanol–water partition coefficient (Wildman–Crippen LogP) is 7.79. The Balaban J connectivity index is 2.39. The zero-order chi connectivity index (χ0) is 28.8. The predicted molar refractivity (Wildman–Crippen MR) is 138 cm³/mol. The second-order valence-corrected chi connectivity index (χ2v) is 9.63. The van der Waals surface area contributed by atoms with E-state index in [2.05, 4.69) is 6.07 Å². The molecule has 0 aliphatic heterocycles. The Morgan fingerprint density at radius 2 is 1.37 bits per heavy atom. The summed E-state index contributed by atoms with van der Waals surface area (Å²) in [5.74, 6) is 0.793. The van der Waals surface area contributed by atoms with E-state index < -0.39 is 23.4 Å². The van der Waals surface area contributed by atoms with E-state index in [4.69, 9.17) is 10.5 Å². The first kappa shape index (κ1) is 31.7. The smallest absolute Gasteiger partial charge is 0.430 e. The van der Waals surface area contributed by atoms with Gasteiger partial charge < -0.3 is 15.6 Å². The van der Waals surface area contributed by atoms with Crippen LogP contribution in [0.1, 0.15) is 73.8 Å². The maximum Gasteiger partial charge on any atom is 0.430 e. The largest absolute Gasteiger partial charge is 0.493 e. The Morgan fingerprint density at radius 3 is 1.84 bits per heavy atom. The van der Waals surface area contributed by atoms with Crippen molar-refractivity contribution < 1.29 is 36.2 Å². The van der Waals surface area contributed by atoms with Gasteiger partial charge in [0.1, 0.15) is 5.75 Å². The standard InChI is InChI=1S/C29H37F6NO2/c1-5-26(6-2,24-12-13-25(21(4)19-24)38-17-9-7-8-16-36)23-11-10-22(20(3)18-23)14-15-27(37,28(30,31)32)29(33,34)35/h10-15,18-19,37H,5-9,16-17,36H2,1-4H3. The second kappa shape index (κ2) is 12.6. The van der Waals surface area contributed by atoms with Crippen LogP contribution in [0.4, 0.5) is 26.3 Å². The van der Waals surface area contributed by atoms with E-state index >= 15 is 0 Å². The molecular weight excluding hydrogens is 508 g/mol. The molecule has 2 rings (SSSR count). The molecule has 0 saturated carbocycles. The van der Waals surface area contributed by atoms with Crippen LogP contribution in [0.25, 0.3) is 6.08 Å². The number of benzene rings is 2. The molecule has 212 valence electrons. The van der Waals surface area contributed by atoms with Crippen LogP contribution in [-0.2, 0) is 5.41 Å². The van der Waals surface area contributed by atoms with Crippen molar-refractivity contribution in [3.8, 4) is 5.75 Å². The van der Waals surface area contributed by atoms with E-state index in [0.29, 0.717) is 24.8 Å². The molecule has 0 heterocycles. The minimum Gasteiger partial charge on any atom is -0.493 e. The van der Waals surface area contributed by atoms with Crippen molar-refractivity contribution in [3.05, 3.63) is 70.3 Å². The Morgan fingerprint density at radius 1 is 0.816 bits per heavy atom. The molecular formula is C29H37F6NO2. The van der Waals surface area contributed by atoms with Crippen molar-refractivity contribution in [2.24, 2.45) is 5.73 Å². The summed E-state index contributed by atoms with van der Waals surface area (Å²) < 4.78 is 84.2. The van der Waals surface area contributed by atoms with Crippen LogP contribution in [0, 0.1) is 13.8 Å². The molecule has 0 aromatic heterocycles. The van der Waals surface area contributed by atoms with E-state index in [9.17, 15) is 31.4 Å². The SMILES string of the molecule is CCC(CC)(c1ccc(C=CC(O)(C(F)(F)F)C(F)(F)F)c(C)c1)c1ccc(OCCCCCN)c(C)c1. The number of unbranched alkanes of at least 4 members (excludes halogenated alkanes) is 2. The first-order valence-electron chi connectivity index (χ1n) is 12.8. The summed E-state index contributed by atoms with van der Waals surface area (Å²) in [6.07, 6.45) is -7.08. The molecule has 0 atom stereocenters. The molecule has 2 aromatic carbocycles. The molecule has 0 bridgehead atoms. The van der Waals surface area contributed by atoms with Gasteiger partial charge in [0.05, 0.1) is 6.61 Å². The number of hydrogen-bond acceptors (Lipinski definition) is 3. The number of nitrogens with two attached hydrogens (primary N) is 1. The van der Waals surface area contributed by atoms with Gasteiger partial charge in [-0.25, -0.2) is 0 Å². The van der Waals surface area contributed by atoms with Crippen molar-refractivity contribution >= 4 is 6.08 Å². The third-order valence-corrected chi connectivity index (χ3v) is 7.23. The molecule has 0 amide bonds. The van der Waals surface area contributed by atoms with E-state index in [1.165, 1.54) is 6.07 Å². The molecule has 9 heteroatoms. The van der Waals surface area contributed by atoms with Gasteiger partial charge in [0.2, 0.25) is 0 Å². The number of alkyl halides is 6. The lowest BCUT2D eigenvalue weighted by molar-refractivity contribution is -0.347. The molecule has 38 heavy (non-hydrogen) atoms. The Bertz CT molecular complexity index is 1070. The molecule has 3 nitrogen and oxygen atoms in total. The van der Waals surface area contributed by atoms with Crippen LogP contribution >= 0.6 is 0 Å². The summed E-state index contributed by atoms with van der Waals surface area (Å²) in [5, 5.41) is 9.43. The van der Waals surface area contributed by atoms with Gasteiger partial charge >= 0.3 is 12.4 Å². The van der Waals surface area contributed by atoms with Gasteiger partial charge in [0.15, 0.2) is 0 Å². The topological polar surface area (TPSA) is 55.5 Å². The van der Waals surface area contributed by atoms with E-state index in [1.54, 1.807) is 19.1 Å². The third kappa shape index (κ3) is 6.72. The zero-order valence-corrected chi connectivity index (χ0v) is 22.3. The third-order valence-electron chi connectivity index (χ3n) is 7.23. The van der Waals surface area contributed by atoms with Gasteiger partial charge in [-0.3, -0.25) is 0 Å². The molecule has 3 N–H and O–H groups in total. The van der Waals surface area contributed by atoms with Gasteiger partial charge in [-0.05, 0) is 92.5 Å². The van der Waals surface area contributed by atoms with E-state index in [-0.39, 0.29) is 11.6 Å². The minimum atomic E-state index is -5.91. The van der Waals surface area contributed by atoms with Crippen LogP contribution in [-0.4, -0.2) is 36.2 Å². The van der Waals surface area contributed by atoms with Crippen molar-refractivity contribution in [3.63, 3.8) is 0 Å². The molecule has 0 aliphatic carbocycles. The minimum absolute atomic E-state index is 0.149. The van der Waals surface area contributed by atoms with Crippen molar-refractivity contribution in [2.75, 3.05) is 13.2 Å². The lowest BCUT2D eigenvalue weighted by Crippen LogP contribution is -2.55.